The van der Waals surface area contributed by atoms with E-state index in [-0.39, 0.29) is 11.8 Å². The summed E-state index contributed by atoms with van der Waals surface area (Å²) in [6, 6.07) is 2.68. The predicted octanol–water partition coefficient (Wildman–Crippen LogP) is 0.911. The molecule has 0 aromatic rings. The summed E-state index contributed by atoms with van der Waals surface area (Å²) in [4.78, 5) is 13.2. The molecule has 3 nitrogen and oxygen atoms in total. The quantitative estimate of drug-likeness (QED) is 0.534. The third-order valence-corrected chi connectivity index (χ3v) is 2.91. The molecule has 1 amide bonds. The number of hydrogen-bond donors (Lipinski definition) is 0. The minimum absolute atomic E-state index is 0.192. The minimum Gasteiger partial charge on any atom is -0.340 e. The summed E-state index contributed by atoms with van der Waals surface area (Å²) in [6.45, 7) is 0.807. The third kappa shape index (κ3) is 1.08. The van der Waals surface area contributed by atoms with E-state index < -0.39 is 0 Å². The van der Waals surface area contributed by atoms with E-state index >= 15 is 0 Å². The van der Waals surface area contributed by atoms with Crippen molar-refractivity contribution >= 4 is 5.91 Å². The Labute approximate surface area is 72.0 Å². The fourth-order valence-electron chi connectivity index (χ4n) is 2.20. The minimum atomic E-state index is 0.192. The first kappa shape index (κ1) is 7.60. The highest BCUT2D eigenvalue weighted by Gasteiger charge is 2.35. The standard InChI is InChI=1S/C9H12N2O/c10-6-7-3-4-11-8(5-7)1-2-9(11)12/h7-8H,1-5H2/t7-,8+/m1/s1. The van der Waals surface area contributed by atoms with Crippen LogP contribution in [0.15, 0.2) is 0 Å². The summed E-state index contributed by atoms with van der Waals surface area (Å²) < 4.78 is 0. The molecule has 2 saturated heterocycles. The smallest absolute Gasteiger partial charge is 0.222 e. The maximum absolute atomic E-state index is 11.2. The number of amides is 1. The molecular weight excluding hydrogens is 152 g/mol. The van der Waals surface area contributed by atoms with Crippen LogP contribution < -0.4 is 0 Å². The number of rotatable bonds is 0. The van der Waals surface area contributed by atoms with Crippen LogP contribution in [-0.4, -0.2) is 23.4 Å². The molecule has 0 aromatic heterocycles. The second-order valence-corrected chi connectivity index (χ2v) is 3.63. The van der Waals surface area contributed by atoms with Gasteiger partial charge < -0.3 is 4.90 Å². The molecule has 0 aromatic carbocycles. The van der Waals surface area contributed by atoms with E-state index in [4.69, 9.17) is 5.26 Å². The highest BCUT2D eigenvalue weighted by molar-refractivity contribution is 5.78. The van der Waals surface area contributed by atoms with Crippen LogP contribution in [0.4, 0.5) is 0 Å². The van der Waals surface area contributed by atoms with Crippen LogP contribution in [0, 0.1) is 17.2 Å². The largest absolute Gasteiger partial charge is 0.340 e. The van der Waals surface area contributed by atoms with E-state index in [0.29, 0.717) is 12.5 Å². The summed E-state index contributed by atoms with van der Waals surface area (Å²) in [5.74, 6) is 0.480. The predicted molar refractivity (Wildman–Crippen MR) is 43.1 cm³/mol. The molecule has 0 aliphatic carbocycles. The van der Waals surface area contributed by atoms with Crippen LogP contribution in [0.3, 0.4) is 0 Å². The number of carbonyl (C=O) groups is 1. The Balaban J connectivity index is 2.05. The van der Waals surface area contributed by atoms with Gasteiger partial charge in [-0.15, -0.1) is 0 Å². The fraction of sp³-hybridized carbons (Fsp3) is 0.778. The lowest BCUT2D eigenvalue weighted by atomic mass is 9.92. The van der Waals surface area contributed by atoms with Crippen molar-refractivity contribution in [2.45, 2.75) is 31.7 Å². The molecule has 0 bridgehead atoms. The molecule has 2 heterocycles. The van der Waals surface area contributed by atoms with Gasteiger partial charge in [0.05, 0.1) is 6.07 Å². The molecule has 2 aliphatic heterocycles. The number of nitrogens with zero attached hydrogens (tertiary/aromatic N) is 2. The molecule has 2 aliphatic rings. The molecule has 0 spiro atoms. The SMILES string of the molecule is N#C[C@@H]1CCN2C(=O)CC[C@H]2C1. The van der Waals surface area contributed by atoms with Gasteiger partial charge in [-0.3, -0.25) is 4.79 Å². The third-order valence-electron chi connectivity index (χ3n) is 2.91. The molecule has 0 unspecified atom stereocenters. The van der Waals surface area contributed by atoms with Gasteiger partial charge in [-0.1, -0.05) is 0 Å². The Hall–Kier alpha value is -1.04. The zero-order valence-corrected chi connectivity index (χ0v) is 6.99. The lowest BCUT2D eigenvalue weighted by Crippen LogP contribution is -2.39. The summed E-state index contributed by atoms with van der Waals surface area (Å²) in [6.07, 6.45) is 3.45. The Bertz CT molecular complexity index is 243. The van der Waals surface area contributed by atoms with E-state index in [9.17, 15) is 4.79 Å². The summed E-state index contributed by atoms with van der Waals surface area (Å²) >= 11 is 0. The van der Waals surface area contributed by atoms with Crippen molar-refractivity contribution in [1.82, 2.24) is 4.90 Å². The molecule has 0 saturated carbocycles. The normalized spacial score (nSPS) is 34.6. The van der Waals surface area contributed by atoms with E-state index in [0.717, 1.165) is 25.8 Å². The van der Waals surface area contributed by atoms with Gasteiger partial charge in [-0.2, -0.15) is 5.26 Å². The highest BCUT2D eigenvalue weighted by atomic mass is 16.2. The van der Waals surface area contributed by atoms with Crippen molar-refractivity contribution < 1.29 is 4.79 Å². The summed E-state index contributed by atoms with van der Waals surface area (Å²) in [5.41, 5.74) is 0. The van der Waals surface area contributed by atoms with Crippen molar-refractivity contribution in [3.63, 3.8) is 0 Å². The first-order chi connectivity index (χ1) is 5.81. The zero-order chi connectivity index (χ0) is 8.55. The van der Waals surface area contributed by atoms with E-state index in [1.165, 1.54) is 0 Å². The molecule has 2 atom stereocenters. The van der Waals surface area contributed by atoms with Gasteiger partial charge in [0, 0.05) is 24.9 Å². The van der Waals surface area contributed by atoms with Crippen molar-refractivity contribution in [1.29, 1.82) is 5.26 Å². The van der Waals surface area contributed by atoms with Gasteiger partial charge in [-0.05, 0) is 19.3 Å². The zero-order valence-electron chi connectivity index (χ0n) is 6.99. The molecule has 2 fully saturated rings. The van der Waals surface area contributed by atoms with Gasteiger partial charge >= 0.3 is 0 Å². The Morgan fingerprint density at radius 2 is 2.33 bits per heavy atom. The fourth-order valence-corrected chi connectivity index (χ4v) is 2.20. The Morgan fingerprint density at radius 1 is 1.50 bits per heavy atom. The summed E-state index contributed by atoms with van der Waals surface area (Å²) in [5, 5.41) is 8.72. The average Bonchev–Trinajstić information content (AvgIpc) is 2.47. The number of nitriles is 1. The molecule has 12 heavy (non-hydrogen) atoms. The van der Waals surface area contributed by atoms with Crippen LogP contribution in [0.25, 0.3) is 0 Å². The average molecular weight is 164 g/mol. The molecule has 2 rings (SSSR count). The van der Waals surface area contributed by atoms with Gasteiger partial charge in [-0.25, -0.2) is 0 Å². The van der Waals surface area contributed by atoms with E-state index in [1.54, 1.807) is 0 Å². The van der Waals surface area contributed by atoms with Crippen LogP contribution >= 0.6 is 0 Å². The Kier molecular flexibility index (Phi) is 1.76. The lowest BCUT2D eigenvalue weighted by Gasteiger charge is -2.31. The summed E-state index contributed by atoms with van der Waals surface area (Å²) in [7, 11) is 0. The topological polar surface area (TPSA) is 44.1 Å². The monoisotopic (exact) mass is 164 g/mol. The van der Waals surface area contributed by atoms with Gasteiger partial charge in [0.1, 0.15) is 0 Å². The second-order valence-electron chi connectivity index (χ2n) is 3.63. The number of piperidine rings is 1. The van der Waals surface area contributed by atoms with Crippen molar-refractivity contribution in [2.75, 3.05) is 6.54 Å². The molecule has 0 N–H and O–H groups in total. The first-order valence-electron chi connectivity index (χ1n) is 4.50. The Morgan fingerprint density at radius 3 is 3.08 bits per heavy atom. The van der Waals surface area contributed by atoms with Gasteiger partial charge in [0.2, 0.25) is 5.91 Å². The van der Waals surface area contributed by atoms with Crippen LogP contribution in [0.5, 0.6) is 0 Å². The maximum Gasteiger partial charge on any atom is 0.222 e. The number of fused-ring (bicyclic) bond motifs is 1. The second kappa shape index (κ2) is 2.78. The van der Waals surface area contributed by atoms with Crippen molar-refractivity contribution in [3.8, 4) is 6.07 Å². The lowest BCUT2D eigenvalue weighted by molar-refractivity contribution is -0.130. The first-order valence-corrected chi connectivity index (χ1v) is 4.50. The van der Waals surface area contributed by atoms with Crippen LogP contribution in [0.2, 0.25) is 0 Å². The van der Waals surface area contributed by atoms with Gasteiger partial charge in [0.25, 0.3) is 0 Å². The molecule has 0 radical (unpaired) electrons. The number of hydrogen-bond acceptors (Lipinski definition) is 2. The number of carbonyl (C=O) groups excluding carboxylic acids is 1. The molecular formula is C9H12N2O. The van der Waals surface area contributed by atoms with E-state index in [2.05, 4.69) is 6.07 Å². The maximum atomic E-state index is 11.2. The van der Waals surface area contributed by atoms with Crippen molar-refractivity contribution in [3.05, 3.63) is 0 Å². The molecule has 3 heteroatoms. The van der Waals surface area contributed by atoms with Crippen LogP contribution in [-0.2, 0) is 4.79 Å². The highest BCUT2D eigenvalue weighted by Crippen LogP contribution is 2.30. The van der Waals surface area contributed by atoms with Gasteiger partial charge in [0.15, 0.2) is 0 Å². The molecule has 64 valence electrons. The van der Waals surface area contributed by atoms with E-state index in [1.807, 2.05) is 4.90 Å². The van der Waals surface area contributed by atoms with Crippen molar-refractivity contribution in [2.24, 2.45) is 5.92 Å². The van der Waals surface area contributed by atoms with Crippen LogP contribution in [0.1, 0.15) is 25.7 Å².